The van der Waals surface area contributed by atoms with Crippen molar-refractivity contribution in [3.63, 3.8) is 0 Å². The average Bonchev–Trinajstić information content (AvgIpc) is 3.64. The fourth-order valence-electron chi connectivity index (χ4n) is 6.04. The van der Waals surface area contributed by atoms with Crippen molar-refractivity contribution in [2.45, 2.75) is 56.5 Å². The van der Waals surface area contributed by atoms with Crippen LogP contribution in [-0.4, -0.2) is 53.9 Å². The molecule has 2 N–H and O–H groups in total. The van der Waals surface area contributed by atoms with Gasteiger partial charge in [-0.25, -0.2) is 4.98 Å². The molecule has 236 valence electrons. The van der Waals surface area contributed by atoms with Gasteiger partial charge in [0.1, 0.15) is 0 Å². The van der Waals surface area contributed by atoms with Crippen LogP contribution in [0.3, 0.4) is 0 Å². The molecule has 1 aliphatic heterocycles. The number of rotatable bonds is 7. The molecule has 2 fully saturated rings. The molecule has 5 rings (SSSR count). The van der Waals surface area contributed by atoms with Crippen molar-refractivity contribution in [1.29, 1.82) is 0 Å². The Labute approximate surface area is 254 Å². The van der Waals surface area contributed by atoms with Gasteiger partial charge in [-0.1, -0.05) is 18.2 Å². The summed E-state index contributed by atoms with van der Waals surface area (Å²) in [4.78, 5) is 34.6. The van der Waals surface area contributed by atoms with Crippen LogP contribution >= 0.6 is 11.3 Å². The summed E-state index contributed by atoms with van der Waals surface area (Å²) in [6, 6.07) is 11.3. The number of hydrogen-bond donors (Lipinski definition) is 2. The van der Waals surface area contributed by atoms with Crippen molar-refractivity contribution in [3.05, 3.63) is 76.3 Å². The number of carbonyl (C=O) groups is 2. The number of carbonyl (C=O) groups excluding carboxylic acids is 2. The number of thiazole rings is 1. The molecule has 0 bridgehead atoms. The Balaban J connectivity index is 1.36. The molecular formula is C30H31F6N5O2S. The van der Waals surface area contributed by atoms with E-state index in [0.717, 1.165) is 43.2 Å². The van der Waals surface area contributed by atoms with E-state index < -0.39 is 41.3 Å². The number of anilines is 2. The van der Waals surface area contributed by atoms with Gasteiger partial charge in [-0.05, 0) is 55.2 Å². The summed E-state index contributed by atoms with van der Waals surface area (Å²) in [6.45, 7) is 3.90. The van der Waals surface area contributed by atoms with Crippen LogP contribution < -0.4 is 15.5 Å². The quantitative estimate of drug-likeness (QED) is 0.307. The van der Waals surface area contributed by atoms with Crippen LogP contribution in [-0.2, 0) is 33.9 Å². The summed E-state index contributed by atoms with van der Waals surface area (Å²) in [7, 11) is 0. The van der Waals surface area contributed by atoms with Gasteiger partial charge in [0.05, 0.1) is 22.2 Å². The van der Waals surface area contributed by atoms with E-state index in [1.54, 1.807) is 5.38 Å². The number of hydrogen-bond acceptors (Lipinski definition) is 6. The lowest BCUT2D eigenvalue weighted by atomic mass is 9.81. The Kier molecular flexibility index (Phi) is 8.94. The molecule has 14 heteroatoms. The number of amides is 2. The number of piperazine rings is 1. The van der Waals surface area contributed by atoms with Gasteiger partial charge in [0.15, 0.2) is 5.13 Å². The summed E-state index contributed by atoms with van der Waals surface area (Å²) < 4.78 is 80.4. The standard InChI is InChI=1S/C30H31F6N5O2S/c1-19(42)38-27-39-25(18-44-27)28(8-7-24(16-28)41-11-9-40(10-12-41)23-5-3-2-4-6-23)26(43)37-17-20-13-21(29(31,32)33)15-22(14-20)30(34,35)36/h2-6,13-15,18,24H,7-12,16-17H2,1H3,(H,37,43)(H,38,39,42). The molecule has 7 nitrogen and oxygen atoms in total. The largest absolute Gasteiger partial charge is 0.416 e. The lowest BCUT2D eigenvalue weighted by molar-refractivity contribution is -0.143. The van der Waals surface area contributed by atoms with Crippen molar-refractivity contribution >= 4 is 34.0 Å². The number of halogens is 6. The molecule has 2 heterocycles. The topological polar surface area (TPSA) is 77.6 Å². The summed E-state index contributed by atoms with van der Waals surface area (Å²) in [6.07, 6.45) is -8.60. The average molecular weight is 640 g/mol. The Morgan fingerprint density at radius 2 is 1.61 bits per heavy atom. The minimum absolute atomic E-state index is 0.00924. The van der Waals surface area contributed by atoms with Crippen LogP contribution in [0.2, 0.25) is 0 Å². The van der Waals surface area contributed by atoms with E-state index in [9.17, 15) is 35.9 Å². The fourth-order valence-corrected chi connectivity index (χ4v) is 6.90. The van der Waals surface area contributed by atoms with Crippen LogP contribution in [0.4, 0.5) is 37.2 Å². The van der Waals surface area contributed by atoms with Crippen molar-refractivity contribution in [2.24, 2.45) is 0 Å². The lowest BCUT2D eigenvalue weighted by Gasteiger charge is -2.39. The van der Waals surface area contributed by atoms with E-state index in [1.165, 1.54) is 6.92 Å². The molecule has 2 aliphatic rings. The molecule has 2 unspecified atom stereocenters. The Hall–Kier alpha value is -3.65. The maximum Gasteiger partial charge on any atom is 0.416 e. The van der Waals surface area contributed by atoms with E-state index >= 15 is 0 Å². The second-order valence-corrected chi connectivity index (χ2v) is 12.0. The fraction of sp³-hybridized carbons (Fsp3) is 0.433. The minimum Gasteiger partial charge on any atom is -0.369 e. The van der Waals surface area contributed by atoms with Gasteiger partial charge in [0.25, 0.3) is 0 Å². The molecule has 2 aromatic carbocycles. The van der Waals surface area contributed by atoms with Crippen LogP contribution in [0.1, 0.15) is 48.6 Å². The van der Waals surface area contributed by atoms with Crippen LogP contribution in [0.5, 0.6) is 0 Å². The predicted octanol–water partition coefficient (Wildman–Crippen LogP) is 6.07. The van der Waals surface area contributed by atoms with Crippen molar-refractivity contribution < 1.29 is 35.9 Å². The van der Waals surface area contributed by atoms with Gasteiger partial charge >= 0.3 is 12.4 Å². The molecule has 1 saturated heterocycles. The number of alkyl halides is 6. The number of benzene rings is 2. The highest BCUT2D eigenvalue weighted by Gasteiger charge is 2.50. The van der Waals surface area contributed by atoms with E-state index in [4.69, 9.17) is 0 Å². The Morgan fingerprint density at radius 3 is 2.20 bits per heavy atom. The lowest BCUT2D eigenvalue weighted by Crippen LogP contribution is -2.51. The molecular weight excluding hydrogens is 608 g/mol. The normalized spacial score (nSPS) is 21.3. The number of para-hydroxylation sites is 1. The molecule has 44 heavy (non-hydrogen) atoms. The van der Waals surface area contributed by atoms with Crippen LogP contribution in [0, 0.1) is 0 Å². The van der Waals surface area contributed by atoms with Gasteiger partial charge in [-0.3, -0.25) is 14.5 Å². The first-order chi connectivity index (χ1) is 20.7. The number of nitrogens with one attached hydrogen (secondary N) is 2. The number of nitrogens with zero attached hydrogens (tertiary/aromatic N) is 3. The summed E-state index contributed by atoms with van der Waals surface area (Å²) in [5, 5.41) is 7.19. The van der Waals surface area contributed by atoms with Gasteiger partial charge in [0, 0.05) is 56.8 Å². The maximum atomic E-state index is 13.9. The van der Waals surface area contributed by atoms with E-state index in [-0.39, 0.29) is 23.6 Å². The smallest absolute Gasteiger partial charge is 0.369 e. The highest BCUT2D eigenvalue weighted by atomic mass is 32.1. The second kappa shape index (κ2) is 12.4. The maximum absolute atomic E-state index is 13.9. The first-order valence-corrected chi connectivity index (χ1v) is 15.0. The van der Waals surface area contributed by atoms with Crippen molar-refractivity contribution in [2.75, 3.05) is 36.4 Å². The molecule has 0 radical (unpaired) electrons. The third-order valence-electron chi connectivity index (χ3n) is 8.25. The van der Waals surface area contributed by atoms with Crippen molar-refractivity contribution in [1.82, 2.24) is 15.2 Å². The van der Waals surface area contributed by atoms with Crippen LogP contribution in [0.15, 0.2) is 53.9 Å². The molecule has 3 aromatic rings. The molecule has 1 aromatic heterocycles. The van der Waals surface area contributed by atoms with Gasteiger partial charge in [0.2, 0.25) is 11.8 Å². The molecule has 2 atom stereocenters. The first kappa shape index (κ1) is 31.8. The third kappa shape index (κ3) is 7.01. The van der Waals surface area contributed by atoms with Crippen molar-refractivity contribution in [3.8, 4) is 0 Å². The first-order valence-electron chi connectivity index (χ1n) is 14.1. The van der Waals surface area contributed by atoms with Gasteiger partial charge < -0.3 is 15.5 Å². The molecule has 1 aliphatic carbocycles. The minimum atomic E-state index is -4.99. The molecule has 2 amide bonds. The highest BCUT2D eigenvalue weighted by Crippen LogP contribution is 2.45. The highest BCUT2D eigenvalue weighted by molar-refractivity contribution is 7.14. The molecule has 0 spiro atoms. The Bertz CT molecular complexity index is 1450. The summed E-state index contributed by atoms with van der Waals surface area (Å²) in [5.41, 5.74) is -2.84. The Morgan fingerprint density at radius 1 is 0.977 bits per heavy atom. The summed E-state index contributed by atoms with van der Waals surface area (Å²) in [5.74, 6) is -0.872. The van der Waals surface area contributed by atoms with Gasteiger partial charge in [-0.2, -0.15) is 26.3 Å². The molecule has 1 saturated carbocycles. The van der Waals surface area contributed by atoms with Crippen LogP contribution in [0.25, 0.3) is 0 Å². The van der Waals surface area contributed by atoms with Gasteiger partial charge in [-0.15, -0.1) is 11.3 Å². The third-order valence-corrected chi connectivity index (χ3v) is 9.01. The zero-order valence-electron chi connectivity index (χ0n) is 23.8. The van der Waals surface area contributed by atoms with E-state index in [2.05, 4.69) is 37.6 Å². The zero-order valence-corrected chi connectivity index (χ0v) is 24.6. The zero-order chi connectivity index (χ0) is 31.7. The predicted molar refractivity (Wildman–Crippen MR) is 154 cm³/mol. The van der Waals surface area contributed by atoms with E-state index in [0.29, 0.717) is 42.2 Å². The number of aromatic nitrogens is 1. The SMILES string of the molecule is CC(=O)Nc1nc(C2(C(=O)NCc3cc(C(F)(F)F)cc(C(F)(F)F)c3)CCC(N3CCN(c4ccccc4)CC3)C2)cs1. The second-order valence-electron chi connectivity index (χ2n) is 11.2. The van der Waals surface area contributed by atoms with E-state index in [1.807, 2.05) is 18.2 Å². The monoisotopic (exact) mass is 639 g/mol. The summed E-state index contributed by atoms with van der Waals surface area (Å²) >= 11 is 1.15.